The fourth-order valence-corrected chi connectivity index (χ4v) is 4.73. The third-order valence-corrected chi connectivity index (χ3v) is 7.08. The number of sulfonamides is 1. The van der Waals surface area contributed by atoms with Gasteiger partial charge in [0.05, 0.1) is 10.5 Å². The summed E-state index contributed by atoms with van der Waals surface area (Å²) in [4.78, 5) is 0.223. The number of benzene rings is 2. The average Bonchev–Trinajstić information content (AvgIpc) is 2.56. The molecule has 1 N–H and O–H groups in total. The molecule has 1 heterocycles. The van der Waals surface area contributed by atoms with Crippen molar-refractivity contribution in [3.05, 3.63) is 63.6 Å². The Kier molecular flexibility index (Phi) is 5.04. The van der Waals surface area contributed by atoms with Gasteiger partial charge in [0.2, 0.25) is 10.0 Å². The third kappa shape index (κ3) is 3.53. The SMILES string of the molecule is O=S(=O)(c1ccc(Cl)cc1)N1CCC(O)(c2ccc(Br)cc2)CC1. The van der Waals surface area contributed by atoms with Crippen molar-refractivity contribution >= 4 is 37.6 Å². The Morgan fingerprint density at radius 3 is 2.08 bits per heavy atom. The van der Waals surface area contributed by atoms with E-state index in [1.54, 1.807) is 12.1 Å². The standard InChI is InChI=1S/C17H17BrClNO3S/c18-14-3-1-13(2-4-14)17(21)9-11-20(12-10-17)24(22,23)16-7-5-15(19)6-8-16/h1-8,21H,9-12H2. The Morgan fingerprint density at radius 1 is 1.00 bits per heavy atom. The number of aliphatic hydroxyl groups is 1. The summed E-state index contributed by atoms with van der Waals surface area (Å²) in [5.74, 6) is 0. The van der Waals surface area contributed by atoms with Crippen LogP contribution < -0.4 is 0 Å². The zero-order valence-corrected chi connectivity index (χ0v) is 16.0. The van der Waals surface area contributed by atoms with E-state index in [9.17, 15) is 13.5 Å². The maximum Gasteiger partial charge on any atom is 0.243 e. The summed E-state index contributed by atoms with van der Waals surface area (Å²) in [6.45, 7) is 0.551. The van der Waals surface area contributed by atoms with E-state index in [1.807, 2.05) is 24.3 Å². The van der Waals surface area contributed by atoms with Crippen molar-refractivity contribution in [2.75, 3.05) is 13.1 Å². The highest BCUT2D eigenvalue weighted by Crippen LogP contribution is 2.35. The highest BCUT2D eigenvalue weighted by atomic mass is 79.9. The summed E-state index contributed by atoms with van der Waals surface area (Å²) in [6, 6.07) is 13.6. The van der Waals surface area contributed by atoms with Crippen molar-refractivity contribution < 1.29 is 13.5 Å². The third-order valence-electron chi connectivity index (χ3n) is 4.38. The van der Waals surface area contributed by atoms with Gasteiger partial charge in [-0.25, -0.2) is 8.42 Å². The molecule has 0 amide bonds. The lowest BCUT2D eigenvalue weighted by Crippen LogP contribution is -2.45. The van der Waals surface area contributed by atoms with Crippen LogP contribution in [0.15, 0.2) is 57.9 Å². The second kappa shape index (κ2) is 6.77. The van der Waals surface area contributed by atoms with Crippen molar-refractivity contribution in [3.8, 4) is 0 Å². The molecule has 0 aromatic heterocycles. The van der Waals surface area contributed by atoms with Crippen LogP contribution >= 0.6 is 27.5 Å². The molecule has 7 heteroatoms. The first-order valence-electron chi connectivity index (χ1n) is 7.55. The molecule has 0 radical (unpaired) electrons. The highest BCUT2D eigenvalue weighted by molar-refractivity contribution is 9.10. The monoisotopic (exact) mass is 429 g/mol. The van der Waals surface area contributed by atoms with Gasteiger partial charge in [-0.05, 0) is 54.8 Å². The summed E-state index contributed by atoms with van der Waals surface area (Å²) in [5.41, 5.74) is -0.179. The van der Waals surface area contributed by atoms with Gasteiger partial charge in [0.15, 0.2) is 0 Å². The maximum atomic E-state index is 12.7. The highest BCUT2D eigenvalue weighted by Gasteiger charge is 2.38. The Bertz CT molecular complexity index is 814. The maximum absolute atomic E-state index is 12.7. The molecular formula is C17H17BrClNO3S. The Balaban J connectivity index is 1.76. The van der Waals surface area contributed by atoms with E-state index in [2.05, 4.69) is 15.9 Å². The van der Waals surface area contributed by atoms with Crippen LogP contribution in [0.5, 0.6) is 0 Å². The predicted molar refractivity (Wildman–Crippen MR) is 97.5 cm³/mol. The van der Waals surface area contributed by atoms with E-state index in [0.29, 0.717) is 17.9 Å². The van der Waals surface area contributed by atoms with E-state index in [0.717, 1.165) is 10.0 Å². The first-order chi connectivity index (χ1) is 11.3. The minimum atomic E-state index is -3.56. The van der Waals surface area contributed by atoms with Crippen molar-refractivity contribution in [3.63, 3.8) is 0 Å². The van der Waals surface area contributed by atoms with E-state index in [4.69, 9.17) is 11.6 Å². The van der Waals surface area contributed by atoms with Crippen molar-refractivity contribution in [2.45, 2.75) is 23.3 Å². The smallest absolute Gasteiger partial charge is 0.243 e. The summed E-state index contributed by atoms with van der Waals surface area (Å²) in [7, 11) is -3.56. The molecule has 4 nitrogen and oxygen atoms in total. The zero-order valence-electron chi connectivity index (χ0n) is 12.8. The number of hydrogen-bond donors (Lipinski definition) is 1. The molecule has 0 bridgehead atoms. The Labute approximate surface area is 155 Å². The Hall–Kier alpha value is -0.920. The van der Waals surface area contributed by atoms with Crippen LogP contribution in [-0.4, -0.2) is 30.9 Å². The van der Waals surface area contributed by atoms with Crippen molar-refractivity contribution in [2.24, 2.45) is 0 Å². The molecule has 1 fully saturated rings. The van der Waals surface area contributed by atoms with Crippen LogP contribution in [0.3, 0.4) is 0 Å². The van der Waals surface area contributed by atoms with Gasteiger partial charge in [-0.2, -0.15) is 4.31 Å². The molecule has 0 spiro atoms. The zero-order chi connectivity index (χ0) is 17.4. The van der Waals surface area contributed by atoms with Crippen molar-refractivity contribution in [1.82, 2.24) is 4.31 Å². The fraction of sp³-hybridized carbons (Fsp3) is 0.294. The summed E-state index contributed by atoms with van der Waals surface area (Å²) >= 11 is 9.19. The van der Waals surface area contributed by atoms with Crippen LogP contribution in [0.1, 0.15) is 18.4 Å². The molecule has 0 unspecified atom stereocenters. The summed E-state index contributed by atoms with van der Waals surface area (Å²) in [6.07, 6.45) is 0.725. The molecule has 1 saturated heterocycles. The largest absolute Gasteiger partial charge is 0.385 e. The molecule has 0 atom stereocenters. The van der Waals surface area contributed by atoms with Gasteiger partial charge >= 0.3 is 0 Å². The van der Waals surface area contributed by atoms with E-state index in [1.165, 1.54) is 16.4 Å². The number of halogens is 2. The summed E-state index contributed by atoms with van der Waals surface area (Å²) in [5, 5.41) is 11.4. The van der Waals surface area contributed by atoms with Gasteiger partial charge in [0.1, 0.15) is 0 Å². The molecule has 0 saturated carbocycles. The van der Waals surface area contributed by atoms with E-state index >= 15 is 0 Å². The second-order valence-corrected chi connectivity index (χ2v) is 9.19. The normalized spacial score (nSPS) is 18.5. The number of piperidine rings is 1. The van der Waals surface area contributed by atoms with E-state index in [-0.39, 0.29) is 18.0 Å². The van der Waals surface area contributed by atoms with Crippen LogP contribution in [0.4, 0.5) is 0 Å². The van der Waals surface area contributed by atoms with Crippen LogP contribution in [-0.2, 0) is 15.6 Å². The van der Waals surface area contributed by atoms with Gasteiger partial charge in [-0.15, -0.1) is 0 Å². The lowest BCUT2D eigenvalue weighted by atomic mass is 9.85. The predicted octanol–water partition coefficient (Wildman–Crippen LogP) is 3.77. The average molecular weight is 431 g/mol. The first-order valence-corrected chi connectivity index (χ1v) is 10.2. The number of nitrogens with zero attached hydrogens (tertiary/aromatic N) is 1. The van der Waals surface area contributed by atoms with Crippen molar-refractivity contribution in [1.29, 1.82) is 0 Å². The molecule has 3 rings (SSSR count). The van der Waals surface area contributed by atoms with Gasteiger partial charge in [0, 0.05) is 22.6 Å². The van der Waals surface area contributed by atoms with Gasteiger partial charge in [0.25, 0.3) is 0 Å². The van der Waals surface area contributed by atoms with Gasteiger partial charge in [-0.1, -0.05) is 39.7 Å². The van der Waals surface area contributed by atoms with Gasteiger partial charge in [-0.3, -0.25) is 0 Å². The molecule has 2 aromatic rings. The lowest BCUT2D eigenvalue weighted by molar-refractivity contribution is -0.00962. The lowest BCUT2D eigenvalue weighted by Gasteiger charge is -2.37. The second-order valence-electron chi connectivity index (χ2n) is 5.90. The first kappa shape index (κ1) is 17.9. The van der Waals surface area contributed by atoms with E-state index < -0.39 is 15.6 Å². The number of hydrogen-bond acceptors (Lipinski definition) is 3. The van der Waals surface area contributed by atoms with Crippen LogP contribution in [0.25, 0.3) is 0 Å². The quantitative estimate of drug-likeness (QED) is 0.806. The molecule has 128 valence electrons. The van der Waals surface area contributed by atoms with Crippen LogP contribution in [0, 0.1) is 0 Å². The summed E-state index contributed by atoms with van der Waals surface area (Å²) < 4.78 is 27.7. The Morgan fingerprint density at radius 2 is 1.54 bits per heavy atom. The topological polar surface area (TPSA) is 57.6 Å². The molecule has 1 aliphatic rings. The number of rotatable bonds is 3. The minimum Gasteiger partial charge on any atom is -0.385 e. The molecule has 1 aliphatic heterocycles. The fourth-order valence-electron chi connectivity index (χ4n) is 2.90. The minimum absolute atomic E-state index is 0.223. The van der Waals surface area contributed by atoms with Crippen LogP contribution in [0.2, 0.25) is 5.02 Å². The van der Waals surface area contributed by atoms with Gasteiger partial charge < -0.3 is 5.11 Å². The molecule has 24 heavy (non-hydrogen) atoms. The molecule has 2 aromatic carbocycles. The molecule has 0 aliphatic carbocycles. The molecular weight excluding hydrogens is 414 g/mol.